The highest BCUT2D eigenvalue weighted by Crippen LogP contribution is 2.50. The molecule has 24 heavy (non-hydrogen) atoms. The largest absolute Gasteiger partial charge is 0.275 e. The van der Waals surface area contributed by atoms with Gasteiger partial charge < -0.3 is 0 Å². The van der Waals surface area contributed by atoms with E-state index in [2.05, 4.69) is 89.9 Å². The van der Waals surface area contributed by atoms with Crippen LogP contribution in [-0.2, 0) is 6.42 Å². The molecule has 0 amide bonds. The first kappa shape index (κ1) is 13.6. The van der Waals surface area contributed by atoms with Gasteiger partial charge in [-0.15, -0.1) is 0 Å². The van der Waals surface area contributed by atoms with Gasteiger partial charge in [-0.25, -0.2) is 0 Å². The van der Waals surface area contributed by atoms with Gasteiger partial charge in [0.15, 0.2) is 0 Å². The Hall–Kier alpha value is -2.87. The van der Waals surface area contributed by atoms with E-state index in [1.54, 1.807) is 0 Å². The zero-order valence-electron chi connectivity index (χ0n) is 13.3. The van der Waals surface area contributed by atoms with E-state index in [4.69, 9.17) is 5.10 Å². The highest BCUT2D eigenvalue weighted by atomic mass is 15.6. The lowest BCUT2D eigenvalue weighted by Gasteiger charge is -2.37. The molecule has 2 aliphatic rings. The smallest absolute Gasteiger partial charge is 0.117 e. The Bertz CT molecular complexity index is 900. The third-order valence-corrected chi connectivity index (χ3v) is 5.06. The van der Waals surface area contributed by atoms with Crippen molar-refractivity contribution in [2.45, 2.75) is 18.5 Å². The van der Waals surface area contributed by atoms with Gasteiger partial charge in [0.05, 0.1) is 11.8 Å². The minimum atomic E-state index is 0.303. The molecule has 0 aliphatic carbocycles. The fourth-order valence-corrected chi connectivity index (χ4v) is 3.92. The van der Waals surface area contributed by atoms with Crippen molar-refractivity contribution in [2.24, 2.45) is 5.10 Å². The molecule has 0 saturated carbocycles. The van der Waals surface area contributed by atoms with Gasteiger partial charge in [-0.2, -0.15) is 5.10 Å². The molecule has 2 heterocycles. The maximum absolute atomic E-state index is 4.90. The zero-order chi connectivity index (χ0) is 15.9. The fourth-order valence-electron chi connectivity index (χ4n) is 3.92. The third kappa shape index (κ3) is 2.00. The van der Waals surface area contributed by atoms with Crippen molar-refractivity contribution >= 4 is 5.71 Å². The Morgan fingerprint density at radius 2 is 1.33 bits per heavy atom. The second kappa shape index (κ2) is 5.34. The number of hydrazone groups is 1. The molecule has 2 heteroatoms. The highest BCUT2D eigenvalue weighted by Gasteiger charge is 2.46. The van der Waals surface area contributed by atoms with Gasteiger partial charge in [-0.3, -0.25) is 5.01 Å². The first-order valence-corrected chi connectivity index (χ1v) is 8.47. The van der Waals surface area contributed by atoms with Crippen molar-refractivity contribution in [3.63, 3.8) is 0 Å². The fraction of sp³-hybridized carbons (Fsp3) is 0.136. The van der Waals surface area contributed by atoms with Crippen molar-refractivity contribution in [2.75, 3.05) is 0 Å². The quantitative estimate of drug-likeness (QED) is 0.682. The summed E-state index contributed by atoms with van der Waals surface area (Å²) in [4.78, 5) is 0. The molecule has 2 atom stereocenters. The van der Waals surface area contributed by atoms with Crippen molar-refractivity contribution in [1.82, 2.24) is 5.01 Å². The minimum absolute atomic E-state index is 0.303. The summed E-state index contributed by atoms with van der Waals surface area (Å²) in [5, 5.41) is 7.19. The van der Waals surface area contributed by atoms with Gasteiger partial charge in [0.1, 0.15) is 6.04 Å². The molecule has 0 N–H and O–H groups in total. The van der Waals surface area contributed by atoms with Crippen LogP contribution in [0.2, 0.25) is 0 Å². The molecular weight excluding hydrogens is 292 g/mol. The minimum Gasteiger partial charge on any atom is -0.275 e. The van der Waals surface area contributed by atoms with Crippen LogP contribution in [0.25, 0.3) is 0 Å². The Morgan fingerprint density at radius 1 is 0.708 bits per heavy atom. The van der Waals surface area contributed by atoms with Crippen LogP contribution in [0.5, 0.6) is 0 Å². The van der Waals surface area contributed by atoms with Crippen LogP contribution in [0.3, 0.4) is 0 Å². The lowest BCUT2D eigenvalue weighted by atomic mass is 9.94. The second-order valence-electron chi connectivity index (χ2n) is 6.47. The molecule has 3 aromatic rings. The molecule has 116 valence electrons. The average Bonchev–Trinajstić information content (AvgIpc) is 2.85. The summed E-state index contributed by atoms with van der Waals surface area (Å²) < 4.78 is 0. The summed E-state index contributed by atoms with van der Waals surface area (Å²) in [5.41, 5.74) is 6.61. The van der Waals surface area contributed by atoms with Crippen molar-refractivity contribution in [3.05, 3.63) is 107 Å². The van der Waals surface area contributed by atoms with Crippen LogP contribution in [0, 0.1) is 0 Å². The first-order chi connectivity index (χ1) is 11.9. The molecule has 2 nitrogen and oxygen atoms in total. The Kier molecular flexibility index (Phi) is 3.02. The molecule has 0 aromatic heterocycles. The normalized spacial score (nSPS) is 20.8. The molecule has 0 spiro atoms. The number of hydrogen-bond acceptors (Lipinski definition) is 2. The second-order valence-corrected chi connectivity index (χ2v) is 6.47. The highest BCUT2D eigenvalue weighted by molar-refractivity contribution is 6.08. The monoisotopic (exact) mass is 310 g/mol. The van der Waals surface area contributed by atoms with Crippen LogP contribution >= 0.6 is 0 Å². The Labute approximate surface area is 142 Å². The molecule has 2 aliphatic heterocycles. The maximum Gasteiger partial charge on any atom is 0.117 e. The topological polar surface area (TPSA) is 15.6 Å². The molecule has 0 fully saturated rings. The Balaban J connectivity index is 1.55. The van der Waals surface area contributed by atoms with Gasteiger partial charge in [-0.1, -0.05) is 84.9 Å². The van der Waals surface area contributed by atoms with Gasteiger partial charge in [0.25, 0.3) is 0 Å². The molecule has 0 bridgehead atoms. The number of benzene rings is 3. The van der Waals surface area contributed by atoms with E-state index in [0.29, 0.717) is 12.1 Å². The lowest BCUT2D eigenvalue weighted by Crippen LogP contribution is -2.38. The van der Waals surface area contributed by atoms with Crippen LogP contribution in [0.4, 0.5) is 0 Å². The van der Waals surface area contributed by atoms with E-state index >= 15 is 0 Å². The molecule has 5 rings (SSSR count). The van der Waals surface area contributed by atoms with Crippen LogP contribution in [0.1, 0.15) is 34.3 Å². The maximum atomic E-state index is 4.90. The molecule has 3 aromatic carbocycles. The summed E-state index contributed by atoms with van der Waals surface area (Å²) in [6, 6.07) is 30.7. The molecule has 0 unspecified atom stereocenters. The summed E-state index contributed by atoms with van der Waals surface area (Å²) in [5.74, 6) is 0. The number of nitrogens with zero attached hydrogens (tertiary/aromatic N) is 2. The predicted octanol–water partition coefficient (Wildman–Crippen LogP) is 4.75. The SMILES string of the molecule is c1ccc(C[C@@H]2c3ccccc3[C@H]3C(c4ccccc4)=NN23)cc1. The van der Waals surface area contributed by atoms with Gasteiger partial charge in [0, 0.05) is 5.56 Å². The van der Waals surface area contributed by atoms with Crippen molar-refractivity contribution in [3.8, 4) is 0 Å². The zero-order valence-corrected chi connectivity index (χ0v) is 13.3. The summed E-state index contributed by atoms with van der Waals surface area (Å²) in [7, 11) is 0. The van der Waals surface area contributed by atoms with Crippen molar-refractivity contribution in [1.29, 1.82) is 0 Å². The number of rotatable bonds is 3. The number of hydrogen-bond donors (Lipinski definition) is 0. The lowest BCUT2D eigenvalue weighted by molar-refractivity contribution is 0.170. The Morgan fingerprint density at radius 3 is 2.08 bits per heavy atom. The van der Waals surface area contributed by atoms with Crippen LogP contribution in [-0.4, -0.2) is 10.7 Å². The van der Waals surface area contributed by atoms with Gasteiger partial charge in [0.2, 0.25) is 0 Å². The third-order valence-electron chi connectivity index (χ3n) is 5.06. The van der Waals surface area contributed by atoms with Gasteiger partial charge in [-0.05, 0) is 23.1 Å². The predicted molar refractivity (Wildman–Crippen MR) is 96.9 cm³/mol. The standard InChI is InChI=1S/C22H18N2/c1-3-9-16(10-4-1)15-20-18-13-7-8-14-19(18)22-21(23-24(20)22)17-11-5-2-6-12-17/h1-14,20,22H,15H2/t20-,22+/m1/s1. The average molecular weight is 310 g/mol. The van der Waals surface area contributed by atoms with E-state index in [9.17, 15) is 0 Å². The van der Waals surface area contributed by atoms with E-state index in [1.807, 2.05) is 0 Å². The van der Waals surface area contributed by atoms with E-state index < -0.39 is 0 Å². The van der Waals surface area contributed by atoms with Crippen molar-refractivity contribution < 1.29 is 0 Å². The molecule has 0 radical (unpaired) electrons. The van der Waals surface area contributed by atoms with E-state index in [0.717, 1.165) is 6.42 Å². The molecule has 0 saturated heterocycles. The van der Waals surface area contributed by atoms with Crippen LogP contribution in [0.15, 0.2) is 90.0 Å². The van der Waals surface area contributed by atoms with E-state index in [-0.39, 0.29) is 0 Å². The summed E-state index contributed by atoms with van der Waals surface area (Å²) in [6.07, 6.45) is 1.000. The summed E-state index contributed by atoms with van der Waals surface area (Å²) in [6.45, 7) is 0. The first-order valence-electron chi connectivity index (χ1n) is 8.47. The summed E-state index contributed by atoms with van der Waals surface area (Å²) >= 11 is 0. The van der Waals surface area contributed by atoms with E-state index in [1.165, 1.54) is 28.0 Å². The number of fused-ring (bicyclic) bond motifs is 3. The van der Waals surface area contributed by atoms with Crippen LogP contribution < -0.4 is 0 Å². The molecular formula is C22H18N2. The van der Waals surface area contributed by atoms with Gasteiger partial charge >= 0.3 is 0 Å².